The normalized spacial score (nSPS) is 18.6. The Labute approximate surface area is 236 Å². The van der Waals surface area contributed by atoms with Crippen LogP contribution >= 0.6 is 23.4 Å². The largest absolute Gasteiger partial charge is 0.497 e. The van der Waals surface area contributed by atoms with Gasteiger partial charge in [-0.2, -0.15) is 10.1 Å². The van der Waals surface area contributed by atoms with Crippen molar-refractivity contribution in [3.8, 4) is 11.5 Å². The van der Waals surface area contributed by atoms with E-state index in [1.807, 2.05) is 43.3 Å². The summed E-state index contributed by atoms with van der Waals surface area (Å²) >= 11 is 7.39. The van der Waals surface area contributed by atoms with Crippen molar-refractivity contribution in [3.63, 3.8) is 0 Å². The van der Waals surface area contributed by atoms with Crippen molar-refractivity contribution in [2.45, 2.75) is 31.1 Å². The molecule has 2 unspecified atom stereocenters. The number of anilines is 1. The average Bonchev–Trinajstić information content (AvgIpc) is 3.53. The van der Waals surface area contributed by atoms with Crippen LogP contribution in [-0.4, -0.2) is 47.2 Å². The zero-order valence-electron chi connectivity index (χ0n) is 21.7. The number of amides is 2. The number of hydrazone groups is 1. The standard InChI is InChI=1S/C29H27ClN4O4S/c1-17-4-6-18(7-5-17)24-15-25(19-8-10-20(30)11-9-19)34(33-24)29-32-28(36)26(39-29)16-27(35)31-21-12-22(37-2)14-23(13-21)38-3/h4-14,25-26H,15-16H2,1-3H3,(H,31,35). The molecule has 0 aromatic heterocycles. The molecule has 0 radical (unpaired) electrons. The highest BCUT2D eigenvalue weighted by Crippen LogP contribution is 2.39. The number of amidine groups is 1. The van der Waals surface area contributed by atoms with Crippen LogP contribution in [0.4, 0.5) is 5.69 Å². The number of nitrogens with zero attached hydrogens (tertiary/aromatic N) is 3. The second-order valence-corrected chi connectivity index (χ2v) is 10.8. The van der Waals surface area contributed by atoms with Gasteiger partial charge < -0.3 is 14.8 Å². The molecule has 8 nitrogen and oxygen atoms in total. The first-order valence-electron chi connectivity index (χ1n) is 12.3. The summed E-state index contributed by atoms with van der Waals surface area (Å²) in [5, 5.41) is 9.98. The summed E-state index contributed by atoms with van der Waals surface area (Å²) in [6, 6.07) is 20.7. The number of ether oxygens (including phenoxy) is 2. The number of nitrogens with one attached hydrogen (secondary N) is 1. The molecule has 3 aromatic carbocycles. The summed E-state index contributed by atoms with van der Waals surface area (Å²) in [5.74, 6) is 0.423. The maximum Gasteiger partial charge on any atom is 0.262 e. The summed E-state index contributed by atoms with van der Waals surface area (Å²) in [4.78, 5) is 30.1. The predicted molar refractivity (Wildman–Crippen MR) is 155 cm³/mol. The molecule has 200 valence electrons. The number of methoxy groups -OCH3 is 2. The molecule has 0 saturated heterocycles. The molecule has 2 amide bonds. The molecule has 0 aliphatic carbocycles. The Bertz CT molecular complexity index is 1430. The van der Waals surface area contributed by atoms with Crippen LogP contribution < -0.4 is 14.8 Å². The van der Waals surface area contributed by atoms with E-state index in [4.69, 9.17) is 26.2 Å². The summed E-state index contributed by atoms with van der Waals surface area (Å²) in [5.41, 5.74) is 4.61. The number of benzene rings is 3. The molecule has 0 saturated carbocycles. The highest BCUT2D eigenvalue weighted by Gasteiger charge is 2.39. The molecule has 5 rings (SSSR count). The number of hydrogen-bond donors (Lipinski definition) is 1. The Balaban J connectivity index is 1.33. The smallest absolute Gasteiger partial charge is 0.262 e. The van der Waals surface area contributed by atoms with Gasteiger partial charge in [-0.3, -0.25) is 9.59 Å². The molecular weight excluding hydrogens is 536 g/mol. The SMILES string of the molecule is COc1cc(NC(=O)CC2SC(N3N=C(c4ccc(C)cc4)CC3c3ccc(Cl)cc3)=NC2=O)cc(OC)c1. The van der Waals surface area contributed by atoms with Crippen LogP contribution in [0.25, 0.3) is 0 Å². The van der Waals surface area contributed by atoms with Crippen molar-refractivity contribution in [1.82, 2.24) is 5.01 Å². The second kappa shape index (κ2) is 11.5. The molecule has 10 heteroatoms. The number of hydrogen-bond acceptors (Lipinski definition) is 7. The van der Waals surface area contributed by atoms with Gasteiger partial charge in [0.25, 0.3) is 5.91 Å². The Morgan fingerprint density at radius 3 is 2.36 bits per heavy atom. The van der Waals surface area contributed by atoms with Crippen LogP contribution in [0.2, 0.25) is 5.02 Å². The molecule has 2 aliphatic rings. The first kappa shape index (κ1) is 26.8. The topological polar surface area (TPSA) is 92.6 Å². The van der Waals surface area contributed by atoms with E-state index >= 15 is 0 Å². The number of aliphatic imine (C=N–C) groups is 1. The lowest BCUT2D eigenvalue weighted by atomic mass is 9.98. The molecular formula is C29H27ClN4O4S. The first-order chi connectivity index (χ1) is 18.8. The number of rotatable bonds is 7. The van der Waals surface area contributed by atoms with E-state index in [9.17, 15) is 9.59 Å². The van der Waals surface area contributed by atoms with Crippen LogP contribution in [-0.2, 0) is 9.59 Å². The minimum atomic E-state index is -0.656. The molecule has 0 spiro atoms. The van der Waals surface area contributed by atoms with Crippen LogP contribution in [0.3, 0.4) is 0 Å². The van der Waals surface area contributed by atoms with Gasteiger partial charge in [0.15, 0.2) is 5.17 Å². The van der Waals surface area contributed by atoms with Crippen LogP contribution in [0, 0.1) is 6.92 Å². The molecule has 2 heterocycles. The maximum atomic E-state index is 12.9. The summed E-state index contributed by atoms with van der Waals surface area (Å²) < 4.78 is 10.5. The Morgan fingerprint density at radius 2 is 1.72 bits per heavy atom. The molecule has 39 heavy (non-hydrogen) atoms. The van der Waals surface area contributed by atoms with Crippen molar-refractivity contribution in [1.29, 1.82) is 0 Å². The molecule has 2 aliphatic heterocycles. The van der Waals surface area contributed by atoms with E-state index in [-0.39, 0.29) is 24.3 Å². The van der Waals surface area contributed by atoms with Gasteiger partial charge in [-0.25, -0.2) is 5.01 Å². The zero-order chi connectivity index (χ0) is 27.5. The minimum Gasteiger partial charge on any atom is -0.497 e. The summed E-state index contributed by atoms with van der Waals surface area (Å²) in [6.45, 7) is 2.04. The molecule has 3 aromatic rings. The predicted octanol–water partition coefficient (Wildman–Crippen LogP) is 5.84. The number of halogens is 1. The van der Waals surface area contributed by atoms with Gasteiger partial charge in [0.2, 0.25) is 5.91 Å². The Kier molecular flexibility index (Phi) is 7.90. The van der Waals surface area contributed by atoms with Gasteiger partial charge >= 0.3 is 0 Å². The third-order valence-corrected chi connectivity index (χ3v) is 7.87. The van der Waals surface area contributed by atoms with Gasteiger partial charge in [-0.15, -0.1) is 0 Å². The zero-order valence-corrected chi connectivity index (χ0v) is 23.3. The summed E-state index contributed by atoms with van der Waals surface area (Å²) in [6.07, 6.45) is 0.602. The lowest BCUT2D eigenvalue weighted by Crippen LogP contribution is -2.25. The molecule has 2 atom stereocenters. The molecule has 0 fully saturated rings. The highest BCUT2D eigenvalue weighted by atomic mass is 35.5. The molecule has 0 bridgehead atoms. The van der Waals surface area contributed by atoms with Crippen molar-refractivity contribution in [2.75, 3.05) is 19.5 Å². The van der Waals surface area contributed by atoms with E-state index in [1.54, 1.807) is 23.2 Å². The van der Waals surface area contributed by atoms with Crippen LogP contribution in [0.15, 0.2) is 76.8 Å². The fourth-order valence-electron chi connectivity index (χ4n) is 4.42. The van der Waals surface area contributed by atoms with Gasteiger partial charge in [-0.1, -0.05) is 65.3 Å². The highest BCUT2D eigenvalue weighted by molar-refractivity contribution is 8.15. The quantitative estimate of drug-likeness (QED) is 0.389. The molecule has 1 N–H and O–H groups in total. The Hall–Kier alpha value is -3.82. The number of aryl methyl sites for hydroxylation is 1. The van der Waals surface area contributed by atoms with E-state index in [2.05, 4.69) is 22.4 Å². The fourth-order valence-corrected chi connectivity index (χ4v) is 5.60. The monoisotopic (exact) mass is 562 g/mol. The van der Waals surface area contributed by atoms with E-state index in [1.165, 1.54) is 31.5 Å². The van der Waals surface area contributed by atoms with E-state index in [0.717, 1.165) is 16.8 Å². The lowest BCUT2D eigenvalue weighted by Gasteiger charge is -2.23. The third kappa shape index (κ3) is 6.10. The third-order valence-electron chi connectivity index (χ3n) is 6.48. The van der Waals surface area contributed by atoms with E-state index in [0.29, 0.717) is 33.8 Å². The lowest BCUT2D eigenvalue weighted by molar-refractivity contribution is -0.121. The van der Waals surface area contributed by atoms with Gasteiger partial charge in [0.05, 0.1) is 26.0 Å². The van der Waals surface area contributed by atoms with E-state index < -0.39 is 5.25 Å². The van der Waals surface area contributed by atoms with Crippen molar-refractivity contribution in [2.24, 2.45) is 10.1 Å². The van der Waals surface area contributed by atoms with Crippen LogP contribution in [0.1, 0.15) is 35.6 Å². The summed E-state index contributed by atoms with van der Waals surface area (Å²) in [7, 11) is 3.07. The van der Waals surface area contributed by atoms with Crippen molar-refractivity contribution >= 4 is 51.7 Å². The second-order valence-electron chi connectivity index (χ2n) is 9.22. The average molecular weight is 563 g/mol. The number of carbonyl (C=O) groups excluding carboxylic acids is 2. The minimum absolute atomic E-state index is 0.0377. The first-order valence-corrected chi connectivity index (χ1v) is 13.6. The van der Waals surface area contributed by atoms with Gasteiger partial charge in [0, 0.05) is 41.8 Å². The van der Waals surface area contributed by atoms with Gasteiger partial charge in [-0.05, 0) is 30.2 Å². The van der Waals surface area contributed by atoms with Crippen molar-refractivity contribution < 1.29 is 19.1 Å². The number of thioether (sulfide) groups is 1. The Morgan fingerprint density at radius 1 is 1.05 bits per heavy atom. The maximum absolute atomic E-state index is 12.9. The fraction of sp³-hybridized carbons (Fsp3) is 0.241. The number of carbonyl (C=O) groups is 2. The van der Waals surface area contributed by atoms with Crippen LogP contribution in [0.5, 0.6) is 11.5 Å². The van der Waals surface area contributed by atoms with Crippen molar-refractivity contribution in [3.05, 3.63) is 88.4 Å². The van der Waals surface area contributed by atoms with Gasteiger partial charge in [0.1, 0.15) is 16.7 Å².